The molecular weight excluding hydrogens is 287 g/mol. The van der Waals surface area contributed by atoms with E-state index >= 15 is 0 Å². The highest BCUT2D eigenvalue weighted by Crippen LogP contribution is 2.43. The van der Waals surface area contributed by atoms with E-state index in [0.717, 1.165) is 11.3 Å². The Kier molecular flexibility index (Phi) is 3.81. The van der Waals surface area contributed by atoms with Crippen LogP contribution >= 0.6 is 11.6 Å². The van der Waals surface area contributed by atoms with Crippen molar-refractivity contribution in [3.05, 3.63) is 64.4 Å². The van der Waals surface area contributed by atoms with Crippen LogP contribution in [0.2, 0.25) is 5.02 Å². The largest absolute Gasteiger partial charge is 0.378 e. The summed E-state index contributed by atoms with van der Waals surface area (Å²) in [6.45, 7) is 0. The van der Waals surface area contributed by atoms with Gasteiger partial charge in [0.1, 0.15) is 11.9 Å². The second-order valence-electron chi connectivity index (χ2n) is 5.32. The molecule has 1 N–H and O–H groups in total. The van der Waals surface area contributed by atoms with Gasteiger partial charge < -0.3 is 5.32 Å². The Morgan fingerprint density at radius 3 is 2.48 bits per heavy atom. The van der Waals surface area contributed by atoms with E-state index in [1.54, 1.807) is 12.1 Å². The fourth-order valence-corrected chi connectivity index (χ4v) is 2.67. The number of anilines is 1. The van der Waals surface area contributed by atoms with Crippen LogP contribution in [0.15, 0.2) is 42.5 Å². The number of nitriles is 1. The summed E-state index contributed by atoms with van der Waals surface area (Å²) in [5.74, 6) is 0.333. The van der Waals surface area contributed by atoms with Crippen molar-refractivity contribution in [1.29, 1.82) is 5.26 Å². The molecule has 0 heterocycles. The van der Waals surface area contributed by atoms with Crippen LogP contribution in [0.1, 0.15) is 30.0 Å². The van der Waals surface area contributed by atoms with Gasteiger partial charge in [0.15, 0.2) is 0 Å². The van der Waals surface area contributed by atoms with E-state index < -0.39 is 0 Å². The molecule has 2 nitrogen and oxygen atoms in total. The molecule has 1 aliphatic carbocycles. The molecule has 0 aliphatic heterocycles. The molecule has 1 aliphatic rings. The van der Waals surface area contributed by atoms with Gasteiger partial charge in [-0.3, -0.25) is 0 Å². The summed E-state index contributed by atoms with van der Waals surface area (Å²) in [7, 11) is 0. The first-order valence-corrected chi connectivity index (χ1v) is 7.27. The zero-order valence-electron chi connectivity index (χ0n) is 11.3. The molecule has 1 saturated carbocycles. The Hall–Kier alpha value is -2.05. The number of rotatable bonds is 4. The molecule has 0 radical (unpaired) electrons. The summed E-state index contributed by atoms with van der Waals surface area (Å²) in [6, 6.07) is 14.1. The SMILES string of the molecule is N#Cc1ccc(NC(c2ccc(F)cc2)C2CC2)cc1Cl. The van der Waals surface area contributed by atoms with Crippen LogP contribution in [0, 0.1) is 23.1 Å². The van der Waals surface area contributed by atoms with Crippen LogP contribution in [0.4, 0.5) is 10.1 Å². The molecule has 4 heteroatoms. The van der Waals surface area contributed by atoms with Gasteiger partial charge in [-0.1, -0.05) is 23.7 Å². The highest BCUT2D eigenvalue weighted by Gasteiger charge is 2.32. The normalized spacial score (nSPS) is 15.3. The lowest BCUT2D eigenvalue weighted by Crippen LogP contribution is -2.13. The first kappa shape index (κ1) is 13.9. The predicted octanol–water partition coefficient (Wildman–Crippen LogP) is 4.91. The van der Waals surface area contributed by atoms with E-state index in [0.29, 0.717) is 16.5 Å². The number of hydrogen-bond donors (Lipinski definition) is 1. The predicted molar refractivity (Wildman–Crippen MR) is 81.7 cm³/mol. The van der Waals surface area contributed by atoms with Crippen LogP contribution in [0.25, 0.3) is 0 Å². The molecule has 2 aromatic rings. The van der Waals surface area contributed by atoms with Crippen molar-refractivity contribution in [3.8, 4) is 6.07 Å². The highest BCUT2D eigenvalue weighted by molar-refractivity contribution is 6.32. The molecule has 0 aromatic heterocycles. The van der Waals surface area contributed by atoms with Gasteiger partial charge in [-0.2, -0.15) is 5.26 Å². The second-order valence-corrected chi connectivity index (χ2v) is 5.72. The minimum absolute atomic E-state index is 0.148. The van der Waals surface area contributed by atoms with Crippen LogP contribution in [-0.4, -0.2) is 0 Å². The summed E-state index contributed by atoms with van der Waals surface area (Å²) in [4.78, 5) is 0. The van der Waals surface area contributed by atoms with E-state index in [2.05, 4.69) is 5.32 Å². The molecule has 0 amide bonds. The minimum Gasteiger partial charge on any atom is -0.378 e. The molecule has 0 spiro atoms. The van der Waals surface area contributed by atoms with Gasteiger partial charge >= 0.3 is 0 Å². The van der Waals surface area contributed by atoms with Gasteiger partial charge in [0.2, 0.25) is 0 Å². The lowest BCUT2D eigenvalue weighted by atomic mass is 10.0. The van der Waals surface area contributed by atoms with Crippen molar-refractivity contribution in [2.75, 3.05) is 5.32 Å². The molecular formula is C17H14ClFN2. The van der Waals surface area contributed by atoms with Gasteiger partial charge in [0.05, 0.1) is 16.6 Å². The molecule has 1 unspecified atom stereocenters. The third-order valence-electron chi connectivity index (χ3n) is 3.73. The third-order valence-corrected chi connectivity index (χ3v) is 4.05. The third kappa shape index (κ3) is 3.17. The maximum absolute atomic E-state index is 13.1. The Balaban J connectivity index is 1.84. The van der Waals surface area contributed by atoms with E-state index in [9.17, 15) is 4.39 Å². The van der Waals surface area contributed by atoms with Gasteiger partial charge in [-0.15, -0.1) is 0 Å². The van der Waals surface area contributed by atoms with Crippen molar-refractivity contribution in [2.45, 2.75) is 18.9 Å². The van der Waals surface area contributed by atoms with Crippen molar-refractivity contribution in [3.63, 3.8) is 0 Å². The zero-order chi connectivity index (χ0) is 14.8. The lowest BCUT2D eigenvalue weighted by Gasteiger charge is -2.20. The lowest BCUT2D eigenvalue weighted by molar-refractivity contribution is 0.622. The molecule has 0 bridgehead atoms. The minimum atomic E-state index is -0.227. The van der Waals surface area contributed by atoms with Crippen molar-refractivity contribution >= 4 is 17.3 Å². The monoisotopic (exact) mass is 300 g/mol. The quantitative estimate of drug-likeness (QED) is 0.870. The van der Waals surface area contributed by atoms with Crippen molar-refractivity contribution < 1.29 is 4.39 Å². The maximum atomic E-state index is 13.1. The Labute approximate surface area is 128 Å². The molecule has 1 atom stereocenters. The van der Waals surface area contributed by atoms with Gasteiger partial charge in [-0.25, -0.2) is 4.39 Å². The first-order valence-electron chi connectivity index (χ1n) is 6.89. The van der Waals surface area contributed by atoms with Crippen LogP contribution in [-0.2, 0) is 0 Å². The van der Waals surface area contributed by atoms with E-state index in [4.69, 9.17) is 16.9 Å². The average molecular weight is 301 g/mol. The summed E-state index contributed by atoms with van der Waals surface area (Å²) < 4.78 is 13.1. The van der Waals surface area contributed by atoms with Crippen LogP contribution in [0.3, 0.4) is 0 Å². The Bertz CT molecular complexity index is 687. The first-order chi connectivity index (χ1) is 10.2. The number of benzene rings is 2. The van der Waals surface area contributed by atoms with E-state index in [1.807, 2.05) is 24.3 Å². The average Bonchev–Trinajstić information content (AvgIpc) is 3.31. The van der Waals surface area contributed by atoms with Crippen LogP contribution in [0.5, 0.6) is 0 Å². The summed E-state index contributed by atoms with van der Waals surface area (Å²) in [5.41, 5.74) is 2.41. The number of nitrogens with zero attached hydrogens (tertiary/aromatic N) is 1. The molecule has 0 saturated heterocycles. The van der Waals surface area contributed by atoms with Gasteiger partial charge in [0.25, 0.3) is 0 Å². The molecule has 3 rings (SSSR count). The molecule has 21 heavy (non-hydrogen) atoms. The van der Waals surface area contributed by atoms with Crippen molar-refractivity contribution in [2.24, 2.45) is 5.92 Å². The summed E-state index contributed by atoms with van der Waals surface area (Å²) >= 11 is 6.06. The summed E-state index contributed by atoms with van der Waals surface area (Å²) in [5, 5.41) is 12.8. The fraction of sp³-hybridized carbons (Fsp3) is 0.235. The number of hydrogen-bond acceptors (Lipinski definition) is 2. The summed E-state index contributed by atoms with van der Waals surface area (Å²) in [6.07, 6.45) is 2.33. The van der Waals surface area contributed by atoms with E-state index in [1.165, 1.54) is 25.0 Å². The van der Waals surface area contributed by atoms with E-state index in [-0.39, 0.29) is 11.9 Å². The second kappa shape index (κ2) is 5.75. The van der Waals surface area contributed by atoms with Gasteiger partial charge in [0, 0.05) is 5.69 Å². The Morgan fingerprint density at radius 1 is 1.19 bits per heavy atom. The molecule has 2 aromatic carbocycles. The topological polar surface area (TPSA) is 35.8 Å². The fourth-order valence-electron chi connectivity index (χ4n) is 2.45. The number of nitrogens with one attached hydrogen (secondary N) is 1. The Morgan fingerprint density at radius 2 is 1.90 bits per heavy atom. The highest BCUT2D eigenvalue weighted by atomic mass is 35.5. The maximum Gasteiger partial charge on any atom is 0.123 e. The number of halogens is 2. The standard InChI is InChI=1S/C17H14ClFN2/c18-16-9-15(8-5-13(16)10-20)21-17(11-1-2-11)12-3-6-14(19)7-4-12/h3-9,11,17,21H,1-2H2. The van der Waals surface area contributed by atoms with Crippen LogP contribution < -0.4 is 5.32 Å². The zero-order valence-corrected chi connectivity index (χ0v) is 12.1. The smallest absolute Gasteiger partial charge is 0.123 e. The van der Waals surface area contributed by atoms with Crippen molar-refractivity contribution in [1.82, 2.24) is 0 Å². The molecule has 1 fully saturated rings. The van der Waals surface area contributed by atoms with Gasteiger partial charge in [-0.05, 0) is 54.7 Å². The molecule has 106 valence electrons.